The smallest absolute Gasteiger partial charge is 0.336 e. The molecule has 0 unspecified atom stereocenters. The number of nitrogens with zero attached hydrogens (tertiary/aromatic N) is 3. The lowest BCUT2D eigenvalue weighted by molar-refractivity contribution is -0.156. The molecule has 1 aromatic heterocycles. The second kappa shape index (κ2) is 14.3. The Morgan fingerprint density at radius 2 is 1.09 bits per heavy atom. The molecular formula is C23H37N3O9. The molecule has 0 spiro atoms. The Balaban J connectivity index is 3.25. The van der Waals surface area contributed by atoms with Crippen molar-refractivity contribution in [3.05, 3.63) is 31.5 Å². The summed E-state index contributed by atoms with van der Waals surface area (Å²) >= 11 is 0. The minimum Gasteiger partial charge on any atom is -0.466 e. The second-order valence-electron chi connectivity index (χ2n) is 8.97. The van der Waals surface area contributed by atoms with Gasteiger partial charge >= 0.3 is 35.0 Å². The predicted molar refractivity (Wildman–Crippen MR) is 126 cm³/mol. The SMILES string of the molecule is CCCCOC(=O)CCn1c(=O)n(CCC(=O)OCCCC)c(=O)n(CC(=O)OC(C)(C)C)c1=O. The highest BCUT2D eigenvalue weighted by Crippen LogP contribution is 2.07. The molecule has 0 atom stereocenters. The molecule has 0 N–H and O–H groups in total. The van der Waals surface area contributed by atoms with Gasteiger partial charge in [-0.15, -0.1) is 0 Å². The predicted octanol–water partition coefficient (Wildman–Crippen LogP) is 0.980. The molecule has 0 saturated heterocycles. The molecule has 12 heteroatoms. The van der Waals surface area contributed by atoms with E-state index in [-0.39, 0.29) is 39.1 Å². The summed E-state index contributed by atoms with van der Waals surface area (Å²) < 4.78 is 17.2. The van der Waals surface area contributed by atoms with Crippen LogP contribution in [0.25, 0.3) is 0 Å². The molecule has 35 heavy (non-hydrogen) atoms. The van der Waals surface area contributed by atoms with Crippen LogP contribution in [0.4, 0.5) is 0 Å². The van der Waals surface area contributed by atoms with Gasteiger partial charge < -0.3 is 14.2 Å². The van der Waals surface area contributed by atoms with Crippen LogP contribution in [0.1, 0.15) is 73.1 Å². The van der Waals surface area contributed by atoms with Crippen LogP contribution in [0.2, 0.25) is 0 Å². The van der Waals surface area contributed by atoms with E-state index in [0.717, 1.165) is 12.8 Å². The van der Waals surface area contributed by atoms with Gasteiger partial charge in [0.25, 0.3) is 0 Å². The Kier molecular flexibility index (Phi) is 12.2. The first-order chi connectivity index (χ1) is 16.4. The van der Waals surface area contributed by atoms with Gasteiger partial charge in [-0.25, -0.2) is 28.1 Å². The average molecular weight is 500 g/mol. The molecule has 0 amide bonds. The maximum absolute atomic E-state index is 12.9. The molecule has 198 valence electrons. The monoisotopic (exact) mass is 499 g/mol. The van der Waals surface area contributed by atoms with Gasteiger partial charge in [-0.3, -0.25) is 14.4 Å². The molecule has 0 aliphatic carbocycles. The van der Waals surface area contributed by atoms with Crippen molar-refractivity contribution in [2.75, 3.05) is 13.2 Å². The summed E-state index contributed by atoms with van der Waals surface area (Å²) in [6.07, 6.45) is 2.42. The Morgan fingerprint density at radius 3 is 1.46 bits per heavy atom. The fraction of sp³-hybridized carbons (Fsp3) is 0.739. The number of unbranched alkanes of at least 4 members (excludes halogenated alkanes) is 2. The molecule has 0 aliphatic heterocycles. The number of aromatic nitrogens is 3. The number of hydrogen-bond donors (Lipinski definition) is 0. The van der Waals surface area contributed by atoms with Crippen LogP contribution in [-0.2, 0) is 48.2 Å². The van der Waals surface area contributed by atoms with Crippen molar-refractivity contribution in [3.63, 3.8) is 0 Å². The van der Waals surface area contributed by atoms with Crippen molar-refractivity contribution < 1.29 is 28.6 Å². The number of ether oxygens (including phenoxy) is 3. The zero-order valence-electron chi connectivity index (χ0n) is 21.3. The van der Waals surface area contributed by atoms with Crippen LogP contribution in [0.15, 0.2) is 14.4 Å². The summed E-state index contributed by atoms with van der Waals surface area (Å²) in [5.41, 5.74) is -3.98. The van der Waals surface area contributed by atoms with Crippen LogP contribution in [-0.4, -0.2) is 50.4 Å². The van der Waals surface area contributed by atoms with Crippen LogP contribution in [0.5, 0.6) is 0 Å². The van der Waals surface area contributed by atoms with Crippen molar-refractivity contribution in [2.45, 2.75) is 98.4 Å². The minimum absolute atomic E-state index is 0.215. The largest absolute Gasteiger partial charge is 0.466 e. The van der Waals surface area contributed by atoms with Gasteiger partial charge in [0.05, 0.1) is 26.1 Å². The van der Waals surface area contributed by atoms with E-state index in [4.69, 9.17) is 14.2 Å². The van der Waals surface area contributed by atoms with Crippen LogP contribution < -0.4 is 17.1 Å². The van der Waals surface area contributed by atoms with Crippen LogP contribution in [0, 0.1) is 0 Å². The van der Waals surface area contributed by atoms with Gasteiger partial charge in [0, 0.05) is 13.1 Å². The molecule has 1 rings (SSSR count). The van der Waals surface area contributed by atoms with E-state index in [2.05, 4.69) is 0 Å². The van der Waals surface area contributed by atoms with E-state index < -0.39 is 47.1 Å². The summed E-state index contributed by atoms with van der Waals surface area (Å²) in [6, 6.07) is 0. The summed E-state index contributed by atoms with van der Waals surface area (Å²) in [5.74, 6) is -2.08. The molecule has 0 radical (unpaired) electrons. The first-order valence-electron chi connectivity index (χ1n) is 11.9. The number of rotatable bonds is 14. The molecular weight excluding hydrogens is 462 g/mol. The lowest BCUT2D eigenvalue weighted by Gasteiger charge is -2.20. The Morgan fingerprint density at radius 1 is 0.686 bits per heavy atom. The highest BCUT2D eigenvalue weighted by Gasteiger charge is 2.22. The Labute approximate surface area is 203 Å². The third-order valence-electron chi connectivity index (χ3n) is 4.69. The van der Waals surface area contributed by atoms with E-state index in [1.54, 1.807) is 20.8 Å². The van der Waals surface area contributed by atoms with Gasteiger partial charge in [-0.2, -0.15) is 0 Å². The number of esters is 3. The summed E-state index contributed by atoms with van der Waals surface area (Å²) in [4.78, 5) is 75.0. The standard InChI is InChI=1S/C23H37N3O9/c1-6-8-14-33-17(27)10-12-24-20(30)25(13-11-18(28)34-15-9-7-2)22(32)26(21(24)31)16-19(29)35-23(3,4)5/h6-16H2,1-5H3. The third-order valence-corrected chi connectivity index (χ3v) is 4.69. The van der Waals surface area contributed by atoms with Gasteiger partial charge in [0.1, 0.15) is 12.1 Å². The van der Waals surface area contributed by atoms with Gasteiger partial charge in [-0.05, 0) is 33.6 Å². The molecule has 0 aliphatic rings. The zero-order chi connectivity index (χ0) is 26.6. The number of carbonyl (C=O) groups excluding carboxylic acids is 3. The van der Waals surface area contributed by atoms with E-state index >= 15 is 0 Å². The molecule has 0 aromatic carbocycles. The van der Waals surface area contributed by atoms with Crippen molar-refractivity contribution in [2.24, 2.45) is 0 Å². The topological polar surface area (TPSA) is 145 Å². The van der Waals surface area contributed by atoms with Crippen molar-refractivity contribution in [3.8, 4) is 0 Å². The fourth-order valence-electron chi connectivity index (χ4n) is 2.91. The third kappa shape index (κ3) is 10.3. The maximum Gasteiger partial charge on any atom is 0.336 e. The first kappa shape index (κ1) is 29.9. The lowest BCUT2D eigenvalue weighted by Crippen LogP contribution is -2.55. The molecule has 1 heterocycles. The van der Waals surface area contributed by atoms with Gasteiger partial charge in [0.15, 0.2) is 0 Å². The number of hydrogen-bond acceptors (Lipinski definition) is 9. The second-order valence-corrected chi connectivity index (χ2v) is 8.97. The summed E-state index contributed by atoms with van der Waals surface area (Å²) in [7, 11) is 0. The van der Waals surface area contributed by atoms with E-state index in [0.29, 0.717) is 26.5 Å². The molecule has 12 nitrogen and oxygen atoms in total. The van der Waals surface area contributed by atoms with Crippen molar-refractivity contribution in [1.82, 2.24) is 13.7 Å². The van der Waals surface area contributed by atoms with E-state index in [1.165, 1.54) is 0 Å². The van der Waals surface area contributed by atoms with E-state index in [1.807, 2.05) is 13.8 Å². The normalized spacial score (nSPS) is 11.2. The molecule has 1 aromatic rings. The molecule has 0 bridgehead atoms. The average Bonchev–Trinajstić information content (AvgIpc) is 2.75. The van der Waals surface area contributed by atoms with Crippen molar-refractivity contribution in [1.29, 1.82) is 0 Å². The molecule has 0 fully saturated rings. The summed E-state index contributed by atoms with van der Waals surface area (Å²) in [5, 5.41) is 0. The first-order valence-corrected chi connectivity index (χ1v) is 11.9. The van der Waals surface area contributed by atoms with Crippen molar-refractivity contribution >= 4 is 17.9 Å². The van der Waals surface area contributed by atoms with Crippen LogP contribution >= 0.6 is 0 Å². The van der Waals surface area contributed by atoms with E-state index in [9.17, 15) is 28.8 Å². The van der Waals surface area contributed by atoms with Crippen LogP contribution in [0.3, 0.4) is 0 Å². The van der Waals surface area contributed by atoms with Gasteiger partial charge in [0.2, 0.25) is 0 Å². The number of carbonyl (C=O) groups is 3. The maximum atomic E-state index is 12.9. The Bertz CT molecular complexity index is 980. The fourth-order valence-corrected chi connectivity index (χ4v) is 2.91. The van der Waals surface area contributed by atoms with Gasteiger partial charge in [-0.1, -0.05) is 26.7 Å². The minimum atomic E-state index is -1.06. The quantitative estimate of drug-likeness (QED) is 0.208. The highest BCUT2D eigenvalue weighted by atomic mass is 16.6. The lowest BCUT2D eigenvalue weighted by atomic mass is 10.2. The molecule has 0 saturated carbocycles. The Hall–Kier alpha value is -3.18. The zero-order valence-corrected chi connectivity index (χ0v) is 21.3. The summed E-state index contributed by atoms with van der Waals surface area (Å²) in [6.45, 7) is 7.71. The highest BCUT2D eigenvalue weighted by molar-refractivity contribution is 5.70.